The van der Waals surface area contributed by atoms with Crippen LogP contribution in [0.15, 0.2) is 36.4 Å². The molecule has 0 spiro atoms. The third kappa shape index (κ3) is 4.75. The van der Waals surface area contributed by atoms with Gasteiger partial charge in [-0.1, -0.05) is 18.2 Å². The second kappa shape index (κ2) is 11.6. The molecule has 0 amide bonds. The van der Waals surface area contributed by atoms with Crippen molar-refractivity contribution in [3.8, 4) is 17.2 Å². The predicted molar refractivity (Wildman–Crippen MR) is 156 cm³/mol. The zero-order chi connectivity index (χ0) is 30.4. The van der Waals surface area contributed by atoms with Gasteiger partial charge in [-0.25, -0.2) is 4.79 Å². The number of carbonyl (C=O) groups is 2. The number of aliphatic carboxylic acids is 1. The lowest BCUT2D eigenvalue weighted by molar-refractivity contribution is -0.173. The summed E-state index contributed by atoms with van der Waals surface area (Å²) in [5, 5.41) is 11.7. The highest BCUT2D eigenvalue weighted by Crippen LogP contribution is 2.51. The summed E-state index contributed by atoms with van der Waals surface area (Å²) >= 11 is 0. The van der Waals surface area contributed by atoms with Gasteiger partial charge in [-0.15, -0.1) is 0 Å². The van der Waals surface area contributed by atoms with E-state index in [0.717, 1.165) is 24.2 Å². The number of carboxylic acids is 1. The molecule has 0 radical (unpaired) electrons. The van der Waals surface area contributed by atoms with Gasteiger partial charge in [-0.3, -0.25) is 9.69 Å². The highest BCUT2D eigenvalue weighted by molar-refractivity contribution is 5.91. The summed E-state index contributed by atoms with van der Waals surface area (Å²) in [5.41, 5.74) is 3.59. The number of piperidine rings is 1. The topological polar surface area (TPSA) is 118 Å². The van der Waals surface area contributed by atoms with Gasteiger partial charge in [-0.2, -0.15) is 4.73 Å². The van der Waals surface area contributed by atoms with E-state index >= 15 is 0 Å². The molecule has 2 fully saturated rings. The fourth-order valence-electron chi connectivity index (χ4n) is 7.78. The average molecular weight is 595 g/mol. The molecule has 6 atom stereocenters. The molecule has 3 aromatic rings. The Balaban J connectivity index is 1.30. The molecule has 0 bridgehead atoms. The zero-order valence-corrected chi connectivity index (χ0v) is 25.1. The molecule has 1 saturated carbocycles. The van der Waals surface area contributed by atoms with E-state index in [9.17, 15) is 14.7 Å². The van der Waals surface area contributed by atoms with Gasteiger partial charge >= 0.3 is 11.9 Å². The Morgan fingerprint density at radius 2 is 1.67 bits per heavy atom. The molecule has 6 rings (SSSR count). The van der Waals surface area contributed by atoms with Crippen molar-refractivity contribution in [2.45, 2.75) is 37.5 Å². The molecule has 1 N–H and O–H groups in total. The number of methoxy groups -OCH3 is 4. The minimum Gasteiger partial charge on any atom is -0.493 e. The molecule has 3 heterocycles. The van der Waals surface area contributed by atoms with Crippen LogP contribution in [0.25, 0.3) is 10.9 Å². The lowest BCUT2D eigenvalue weighted by Gasteiger charge is -2.52. The largest absolute Gasteiger partial charge is 0.493 e. The van der Waals surface area contributed by atoms with Crippen LogP contribution >= 0.6 is 0 Å². The highest BCUT2D eigenvalue weighted by Gasteiger charge is 2.54. The van der Waals surface area contributed by atoms with Crippen molar-refractivity contribution in [1.29, 1.82) is 0 Å². The number of nitrogens with zero attached hydrogens (tertiary/aromatic N) is 2. The lowest BCUT2D eigenvalue weighted by Crippen LogP contribution is -2.58. The van der Waals surface area contributed by atoms with Crippen molar-refractivity contribution >= 4 is 22.8 Å². The summed E-state index contributed by atoms with van der Waals surface area (Å²) in [6.45, 7) is 1.55. The summed E-state index contributed by atoms with van der Waals surface area (Å²) in [6.07, 6.45) is 0.450. The Bertz CT molecular complexity index is 1480. The fourth-order valence-corrected chi connectivity index (χ4v) is 7.78. The van der Waals surface area contributed by atoms with Crippen LogP contribution in [-0.2, 0) is 20.7 Å². The lowest BCUT2D eigenvalue weighted by atomic mass is 9.64. The summed E-state index contributed by atoms with van der Waals surface area (Å²) < 4.78 is 29.9. The molecule has 1 aromatic heterocycles. The first-order valence-electron chi connectivity index (χ1n) is 14.5. The van der Waals surface area contributed by atoms with Crippen molar-refractivity contribution in [3.63, 3.8) is 0 Å². The summed E-state index contributed by atoms with van der Waals surface area (Å²) in [5.74, 6) is -1.59. The van der Waals surface area contributed by atoms with Crippen LogP contribution in [0.1, 0.15) is 40.5 Å². The van der Waals surface area contributed by atoms with Crippen LogP contribution < -0.4 is 19.0 Å². The number of benzene rings is 2. The van der Waals surface area contributed by atoms with Crippen LogP contribution in [0.4, 0.5) is 0 Å². The van der Waals surface area contributed by atoms with E-state index in [2.05, 4.69) is 17.0 Å². The van der Waals surface area contributed by atoms with Gasteiger partial charge < -0.3 is 33.6 Å². The van der Waals surface area contributed by atoms with E-state index in [1.165, 1.54) is 51.5 Å². The minimum absolute atomic E-state index is 0.00316. The Morgan fingerprint density at radius 3 is 2.30 bits per heavy atom. The van der Waals surface area contributed by atoms with E-state index in [4.69, 9.17) is 28.5 Å². The molecular formula is C32H38N2O9. The second-order valence-electron chi connectivity index (χ2n) is 11.4. The first-order valence-corrected chi connectivity index (χ1v) is 14.5. The van der Waals surface area contributed by atoms with Crippen molar-refractivity contribution in [3.05, 3.63) is 53.2 Å². The number of aromatic nitrogens is 1. The van der Waals surface area contributed by atoms with Crippen LogP contribution in [-0.4, -0.2) is 87.5 Å². The van der Waals surface area contributed by atoms with E-state index in [1.54, 1.807) is 7.11 Å². The molecule has 6 unspecified atom stereocenters. The molecule has 2 aliphatic heterocycles. The van der Waals surface area contributed by atoms with Crippen molar-refractivity contribution in [2.24, 2.45) is 17.8 Å². The van der Waals surface area contributed by atoms with Gasteiger partial charge in [-0.05, 0) is 54.9 Å². The van der Waals surface area contributed by atoms with Gasteiger partial charge in [0.15, 0.2) is 11.5 Å². The maximum Gasteiger partial charge on any atom is 0.338 e. The van der Waals surface area contributed by atoms with Crippen LogP contribution in [0.3, 0.4) is 0 Å². The minimum atomic E-state index is -0.952. The Morgan fingerprint density at radius 1 is 0.953 bits per heavy atom. The first kappa shape index (κ1) is 29.1. The molecular weight excluding hydrogens is 556 g/mol. The number of esters is 1. The van der Waals surface area contributed by atoms with Crippen molar-refractivity contribution in [2.75, 3.05) is 48.6 Å². The summed E-state index contributed by atoms with van der Waals surface area (Å²) in [4.78, 5) is 34.7. The Kier molecular flexibility index (Phi) is 7.87. The molecule has 1 saturated heterocycles. The van der Waals surface area contributed by atoms with Crippen LogP contribution in [0.2, 0.25) is 0 Å². The van der Waals surface area contributed by atoms with E-state index in [1.807, 2.05) is 16.9 Å². The molecule has 3 aliphatic rings. The molecule has 230 valence electrons. The maximum absolute atomic E-state index is 13.5. The average Bonchev–Trinajstić information content (AvgIpc) is 3.36. The molecule has 43 heavy (non-hydrogen) atoms. The van der Waals surface area contributed by atoms with Gasteiger partial charge in [0.2, 0.25) is 5.75 Å². The number of carbonyl (C=O) groups excluding carboxylic acids is 1. The predicted octanol–water partition coefficient (Wildman–Crippen LogP) is 3.61. The highest BCUT2D eigenvalue weighted by atomic mass is 16.6. The number of rotatable bonds is 8. The Labute approximate surface area is 250 Å². The molecule has 11 heteroatoms. The smallest absolute Gasteiger partial charge is 0.338 e. The maximum atomic E-state index is 13.5. The summed E-state index contributed by atoms with van der Waals surface area (Å²) in [6, 6.07) is 11.3. The van der Waals surface area contributed by atoms with E-state index < -0.39 is 30.1 Å². The van der Waals surface area contributed by atoms with Gasteiger partial charge in [0.25, 0.3) is 0 Å². The number of carboxylic acid groups (broad SMARTS) is 1. The van der Waals surface area contributed by atoms with Crippen molar-refractivity contribution in [1.82, 2.24) is 9.63 Å². The third-order valence-electron chi connectivity index (χ3n) is 9.57. The zero-order valence-electron chi connectivity index (χ0n) is 25.1. The van der Waals surface area contributed by atoms with Gasteiger partial charge in [0.1, 0.15) is 19.3 Å². The van der Waals surface area contributed by atoms with Crippen LogP contribution in [0, 0.1) is 17.8 Å². The van der Waals surface area contributed by atoms with Crippen LogP contribution in [0.5, 0.6) is 17.2 Å². The standard InChI is InChI=1S/C32H38N2O9/c1-38-24-12-17(13-25(39-2)29(24)40-3)32(37)43-26-14-18-16-33-11-10-20-19-8-6-7-9-22(19)34(42-5)28(20)23(33)15-21(18)27(31(35)36)30(26)41-4/h6-9,12-13,18,21,23,26-27,30H,10-11,14-16H2,1-5H3,(H,35,36). The normalized spacial score (nSPS) is 26.5. The molecule has 2 aromatic carbocycles. The first-order chi connectivity index (χ1) is 20.8. The quantitative estimate of drug-likeness (QED) is 0.388. The second-order valence-corrected chi connectivity index (χ2v) is 11.4. The molecule has 11 nitrogen and oxygen atoms in total. The number of para-hydroxylation sites is 1. The van der Waals surface area contributed by atoms with Gasteiger partial charge in [0, 0.05) is 25.6 Å². The Hall–Kier alpha value is -3.96. The number of ether oxygens (including phenoxy) is 5. The van der Waals surface area contributed by atoms with Crippen molar-refractivity contribution < 1.29 is 43.2 Å². The number of hydrogen-bond acceptors (Lipinski definition) is 9. The van der Waals surface area contributed by atoms with Gasteiger partial charge in [0.05, 0.1) is 50.1 Å². The van der Waals surface area contributed by atoms with E-state index in [-0.39, 0.29) is 23.4 Å². The van der Waals surface area contributed by atoms with E-state index in [0.29, 0.717) is 36.6 Å². The molecule has 1 aliphatic carbocycles. The fraction of sp³-hybridized carbons (Fsp3) is 0.500. The SMILES string of the molecule is COc1cc(C(=O)OC2CC3CN4CCc5c(n(OC)c6ccccc56)C4CC3C(C(=O)O)C2OC)cc(OC)c1OC. The summed E-state index contributed by atoms with van der Waals surface area (Å²) in [7, 11) is 7.58. The number of hydrogen-bond donors (Lipinski definition) is 1. The third-order valence-corrected chi connectivity index (χ3v) is 9.57. The monoisotopic (exact) mass is 594 g/mol. The number of fused-ring (bicyclic) bond motifs is 6.